The molecular formula is C29H28ClN5O3. The monoisotopic (exact) mass is 529 g/mol. The Morgan fingerprint density at radius 2 is 2.00 bits per heavy atom. The van der Waals surface area contributed by atoms with Gasteiger partial charge >= 0.3 is 0 Å². The van der Waals surface area contributed by atoms with Crippen molar-refractivity contribution in [1.29, 1.82) is 0 Å². The molecule has 1 saturated carbocycles. The summed E-state index contributed by atoms with van der Waals surface area (Å²) in [6.07, 6.45) is 9.18. The molecular weight excluding hydrogens is 502 g/mol. The molecule has 0 spiro atoms. The van der Waals surface area contributed by atoms with Crippen molar-refractivity contribution >= 4 is 39.9 Å². The maximum Gasteiger partial charge on any atom is 0.235 e. The Bertz CT molecular complexity index is 1530. The topological polar surface area (TPSA) is 89.4 Å². The van der Waals surface area contributed by atoms with Crippen molar-refractivity contribution in [2.75, 3.05) is 11.9 Å². The van der Waals surface area contributed by atoms with E-state index < -0.39 is 5.41 Å². The van der Waals surface area contributed by atoms with Crippen LogP contribution in [-0.2, 0) is 28.6 Å². The Kier molecular flexibility index (Phi) is 6.27. The van der Waals surface area contributed by atoms with Gasteiger partial charge in [0.1, 0.15) is 5.75 Å². The van der Waals surface area contributed by atoms with E-state index >= 15 is 0 Å². The van der Waals surface area contributed by atoms with Crippen LogP contribution >= 0.6 is 11.6 Å². The van der Waals surface area contributed by atoms with Crippen molar-refractivity contribution in [3.05, 3.63) is 83.7 Å². The molecule has 1 atom stereocenters. The molecule has 194 valence electrons. The van der Waals surface area contributed by atoms with E-state index in [1.54, 1.807) is 43.1 Å². The number of benzene rings is 2. The van der Waals surface area contributed by atoms with Crippen LogP contribution in [0.4, 0.5) is 5.69 Å². The molecule has 1 aliphatic heterocycles. The van der Waals surface area contributed by atoms with Gasteiger partial charge in [-0.2, -0.15) is 0 Å². The summed E-state index contributed by atoms with van der Waals surface area (Å²) in [6.45, 7) is 0.762. The zero-order valence-corrected chi connectivity index (χ0v) is 21.8. The first-order valence-corrected chi connectivity index (χ1v) is 13.1. The lowest BCUT2D eigenvalue weighted by atomic mass is 9.72. The van der Waals surface area contributed by atoms with Gasteiger partial charge in [0.25, 0.3) is 0 Å². The van der Waals surface area contributed by atoms with Gasteiger partial charge in [-0.3, -0.25) is 14.6 Å². The van der Waals surface area contributed by atoms with E-state index in [4.69, 9.17) is 16.3 Å². The first kappa shape index (κ1) is 24.4. The van der Waals surface area contributed by atoms with Crippen molar-refractivity contribution in [2.45, 2.75) is 43.7 Å². The molecule has 4 aromatic rings. The van der Waals surface area contributed by atoms with E-state index in [2.05, 4.69) is 15.3 Å². The highest BCUT2D eigenvalue weighted by Gasteiger charge is 2.48. The summed E-state index contributed by atoms with van der Waals surface area (Å²) >= 11 is 6.42. The number of nitrogens with one attached hydrogen (secondary N) is 1. The highest BCUT2D eigenvalue weighted by molar-refractivity contribution is 6.30. The number of carbonyl (C=O) groups is 2. The predicted octanol–water partition coefficient (Wildman–Crippen LogP) is 4.86. The maximum absolute atomic E-state index is 14.3. The highest BCUT2D eigenvalue weighted by atomic mass is 35.5. The highest BCUT2D eigenvalue weighted by Crippen LogP contribution is 2.45. The van der Waals surface area contributed by atoms with Gasteiger partial charge in [-0.15, -0.1) is 0 Å². The lowest BCUT2D eigenvalue weighted by Crippen LogP contribution is -2.48. The van der Waals surface area contributed by atoms with Crippen molar-refractivity contribution < 1.29 is 14.3 Å². The Balaban J connectivity index is 1.38. The second-order valence-corrected chi connectivity index (χ2v) is 10.5. The van der Waals surface area contributed by atoms with Crippen LogP contribution < -0.4 is 10.1 Å². The zero-order valence-electron chi connectivity index (χ0n) is 21.1. The van der Waals surface area contributed by atoms with E-state index in [0.29, 0.717) is 41.6 Å². The van der Waals surface area contributed by atoms with E-state index in [-0.39, 0.29) is 24.3 Å². The van der Waals surface area contributed by atoms with Crippen molar-refractivity contribution in [3.63, 3.8) is 0 Å². The molecule has 2 aliphatic rings. The number of pyridine rings is 1. The number of rotatable bonds is 7. The molecule has 1 aliphatic carbocycles. The predicted molar refractivity (Wildman–Crippen MR) is 145 cm³/mol. The number of hydrogen-bond donors (Lipinski definition) is 1. The fraction of sp³-hybridized carbons (Fsp3) is 0.310. The Morgan fingerprint density at radius 3 is 2.79 bits per heavy atom. The van der Waals surface area contributed by atoms with E-state index in [0.717, 1.165) is 29.3 Å². The summed E-state index contributed by atoms with van der Waals surface area (Å²) in [6, 6.07) is 13.2. The lowest BCUT2D eigenvalue weighted by molar-refractivity contribution is -0.137. The van der Waals surface area contributed by atoms with Crippen LogP contribution in [0.2, 0.25) is 5.02 Å². The quantitative estimate of drug-likeness (QED) is 0.369. The van der Waals surface area contributed by atoms with E-state index in [1.807, 2.05) is 40.8 Å². The van der Waals surface area contributed by atoms with E-state index in [9.17, 15) is 9.59 Å². The first-order valence-electron chi connectivity index (χ1n) is 12.8. The van der Waals surface area contributed by atoms with Crippen LogP contribution in [0.25, 0.3) is 10.8 Å². The summed E-state index contributed by atoms with van der Waals surface area (Å²) in [7, 11) is 1.92. The van der Waals surface area contributed by atoms with Gasteiger partial charge in [0, 0.05) is 59.7 Å². The first-order chi connectivity index (χ1) is 18.4. The van der Waals surface area contributed by atoms with Crippen LogP contribution in [0.15, 0.2) is 67.4 Å². The number of aryl methyl sites for hydroxylation is 1. The molecule has 8 nitrogen and oxygen atoms in total. The summed E-state index contributed by atoms with van der Waals surface area (Å²) in [5, 5.41) is 5.40. The van der Waals surface area contributed by atoms with Gasteiger partial charge in [-0.05, 0) is 31.0 Å². The second-order valence-electron chi connectivity index (χ2n) is 10.1. The fourth-order valence-electron chi connectivity index (χ4n) is 5.31. The lowest BCUT2D eigenvalue weighted by Gasteiger charge is -2.38. The molecule has 2 aromatic heterocycles. The van der Waals surface area contributed by atoms with E-state index in [1.165, 1.54) is 0 Å². The Labute approximate surface area is 225 Å². The van der Waals surface area contributed by atoms with Crippen LogP contribution in [0, 0.1) is 0 Å². The third-order valence-corrected chi connectivity index (χ3v) is 7.84. The number of fused-ring (bicyclic) bond motifs is 2. The number of hydrogen-bond acceptors (Lipinski definition) is 5. The average molecular weight is 530 g/mol. The van der Waals surface area contributed by atoms with Crippen LogP contribution in [0.3, 0.4) is 0 Å². The van der Waals surface area contributed by atoms with Crippen molar-refractivity contribution in [2.24, 2.45) is 7.05 Å². The van der Waals surface area contributed by atoms with Crippen LogP contribution in [0.5, 0.6) is 5.75 Å². The zero-order chi connectivity index (χ0) is 26.3. The fourth-order valence-corrected chi connectivity index (χ4v) is 5.48. The molecule has 0 radical (unpaired) electrons. The molecule has 2 aromatic carbocycles. The van der Waals surface area contributed by atoms with Gasteiger partial charge in [0.15, 0.2) is 0 Å². The number of halogens is 1. The molecule has 1 N–H and O–H groups in total. The molecule has 3 heterocycles. The van der Waals surface area contributed by atoms with Gasteiger partial charge in [0.05, 0.1) is 42.5 Å². The summed E-state index contributed by atoms with van der Waals surface area (Å²) in [5.41, 5.74) is 1.02. The molecule has 6 rings (SSSR count). The Hall–Kier alpha value is -3.91. The molecule has 38 heavy (non-hydrogen) atoms. The number of imidazole rings is 1. The summed E-state index contributed by atoms with van der Waals surface area (Å²) in [4.78, 5) is 38.7. The minimum Gasteiger partial charge on any atom is -0.493 e. The summed E-state index contributed by atoms with van der Waals surface area (Å²) < 4.78 is 7.84. The molecule has 1 fully saturated rings. The van der Waals surface area contributed by atoms with Crippen molar-refractivity contribution in [1.82, 2.24) is 19.4 Å². The number of amides is 2. The summed E-state index contributed by atoms with van der Waals surface area (Å²) in [5.74, 6) is 0.226. The Morgan fingerprint density at radius 1 is 1.16 bits per heavy atom. The third kappa shape index (κ3) is 4.49. The number of carbonyl (C=O) groups excluding carboxylic acids is 2. The van der Waals surface area contributed by atoms with Crippen LogP contribution in [-0.4, -0.2) is 43.9 Å². The molecule has 1 unspecified atom stereocenters. The third-order valence-electron chi connectivity index (χ3n) is 7.60. The van der Waals surface area contributed by atoms with Gasteiger partial charge in [0.2, 0.25) is 11.8 Å². The normalized spacial score (nSPS) is 18.5. The maximum atomic E-state index is 14.3. The number of ether oxygens (including phenoxy) is 1. The van der Waals surface area contributed by atoms with Crippen molar-refractivity contribution in [3.8, 4) is 5.75 Å². The van der Waals surface area contributed by atoms with Gasteiger partial charge in [-0.25, -0.2) is 4.98 Å². The number of anilines is 1. The minimum atomic E-state index is -1.16. The standard InChI is InChI=1S/C29H28ClN5O3/c1-34-18-32-15-22(34)17-35(21-7-8-21)27(36)13-29(10-11-38-26-9-6-20(30)12-24(26)29)28(37)33-25-16-31-14-19-4-2-3-5-23(19)25/h2-6,9,12,14-16,18,21H,7-8,10-11,13,17H2,1H3,(H,33,37). The van der Waals surface area contributed by atoms with Gasteiger partial charge < -0.3 is 19.5 Å². The largest absolute Gasteiger partial charge is 0.493 e. The van der Waals surface area contributed by atoms with Crippen LogP contribution in [0.1, 0.15) is 36.9 Å². The smallest absolute Gasteiger partial charge is 0.235 e. The second kappa shape index (κ2) is 9.76. The molecule has 0 bridgehead atoms. The SMILES string of the molecule is Cn1cncc1CN(C(=O)CC1(C(=O)Nc2cncc3ccccc23)CCOc2ccc(Cl)cc21)C1CC1. The average Bonchev–Trinajstić information content (AvgIpc) is 3.68. The number of nitrogens with zero attached hydrogens (tertiary/aromatic N) is 4. The number of aromatic nitrogens is 3. The molecule has 0 saturated heterocycles. The molecule has 2 amide bonds. The minimum absolute atomic E-state index is 0.00207. The molecule has 9 heteroatoms. The van der Waals surface area contributed by atoms with Gasteiger partial charge in [-0.1, -0.05) is 35.9 Å².